The maximum atomic E-state index is 12.4. The van der Waals surface area contributed by atoms with Crippen LogP contribution in [0.4, 0.5) is 0 Å². The lowest BCUT2D eigenvalue weighted by Crippen LogP contribution is -2.38. The highest BCUT2D eigenvalue weighted by atomic mass is 16.5. The number of carbonyl (C=O) groups is 1. The van der Waals surface area contributed by atoms with Gasteiger partial charge >= 0.3 is 5.97 Å². The monoisotopic (exact) mass is 486 g/mol. The third-order valence-electron chi connectivity index (χ3n) is 8.59. The molecule has 0 unspecified atom stereocenters. The fourth-order valence-corrected chi connectivity index (χ4v) is 6.44. The van der Waals surface area contributed by atoms with E-state index in [1.165, 1.54) is 5.57 Å². The highest BCUT2D eigenvalue weighted by Gasteiger charge is 2.49. The number of rotatable bonds is 7. The minimum atomic E-state index is -1.03. The van der Waals surface area contributed by atoms with E-state index in [1.54, 1.807) is 33.8 Å². The number of fused-ring (bicyclic) bond motifs is 1. The molecule has 3 aliphatic rings. The van der Waals surface area contributed by atoms with Crippen LogP contribution in [0.2, 0.25) is 0 Å². The van der Waals surface area contributed by atoms with Crippen molar-refractivity contribution < 1.29 is 24.9 Å². The number of esters is 1. The fraction of sp³-hybridized carbons (Fsp3) is 0.700. The lowest BCUT2D eigenvalue weighted by Gasteiger charge is -2.42. The molecule has 35 heavy (non-hydrogen) atoms. The van der Waals surface area contributed by atoms with Crippen molar-refractivity contribution >= 4 is 5.97 Å². The number of ether oxygens (including phenoxy) is 1. The number of aliphatic hydroxyl groups is 3. The topological polar surface area (TPSA) is 87.0 Å². The molecular formula is C30H46O5. The zero-order chi connectivity index (χ0) is 26.0. The zero-order valence-corrected chi connectivity index (χ0v) is 22.3. The molecule has 3 rings (SSSR count). The van der Waals surface area contributed by atoms with Gasteiger partial charge in [-0.3, -0.25) is 4.79 Å². The molecule has 3 saturated carbocycles. The first-order valence-corrected chi connectivity index (χ1v) is 13.3. The van der Waals surface area contributed by atoms with Crippen LogP contribution < -0.4 is 0 Å². The van der Waals surface area contributed by atoms with Crippen molar-refractivity contribution in [1.29, 1.82) is 0 Å². The number of aliphatic hydroxyl groups excluding tert-OH is 3. The lowest BCUT2D eigenvalue weighted by molar-refractivity contribution is -0.162. The largest absolute Gasteiger partial charge is 0.462 e. The molecule has 0 spiro atoms. The molecular weight excluding hydrogens is 440 g/mol. The molecule has 0 bridgehead atoms. The van der Waals surface area contributed by atoms with Gasteiger partial charge in [-0.05, 0) is 96.3 Å². The third-order valence-corrected chi connectivity index (χ3v) is 8.59. The maximum absolute atomic E-state index is 12.4. The van der Waals surface area contributed by atoms with Gasteiger partial charge in [0, 0.05) is 0 Å². The predicted octanol–water partition coefficient (Wildman–Crippen LogP) is 5.41. The fourth-order valence-electron chi connectivity index (χ4n) is 6.44. The Balaban J connectivity index is 1.70. The highest BCUT2D eigenvalue weighted by molar-refractivity contribution is 5.77. The number of allylic oxidation sites excluding steroid dienone is 5. The second kappa shape index (κ2) is 11.1. The summed E-state index contributed by atoms with van der Waals surface area (Å²) in [5.74, 6) is 0.415. The molecule has 196 valence electrons. The summed E-state index contributed by atoms with van der Waals surface area (Å²) in [5, 5.41) is 30.7. The van der Waals surface area contributed by atoms with Crippen LogP contribution in [0.15, 0.2) is 47.6 Å². The van der Waals surface area contributed by atoms with Gasteiger partial charge < -0.3 is 20.1 Å². The molecule has 0 radical (unpaired) electrons. The molecule has 0 aromatic heterocycles. The van der Waals surface area contributed by atoms with E-state index in [2.05, 4.69) is 25.7 Å². The van der Waals surface area contributed by atoms with Gasteiger partial charge in [-0.25, -0.2) is 0 Å². The number of carbonyl (C=O) groups excluding carboxylic acids is 1. The lowest BCUT2D eigenvalue weighted by atomic mass is 9.62. The summed E-state index contributed by atoms with van der Waals surface area (Å²) >= 11 is 0. The third kappa shape index (κ3) is 6.36. The second-order valence-electron chi connectivity index (χ2n) is 12.1. The van der Waals surface area contributed by atoms with Gasteiger partial charge in [-0.2, -0.15) is 0 Å². The SMILES string of the molecule is C=C(C=C[C@H](O)C(C)(C)C(=O)OC(C)C)[C@H]1CC[C@H]2C(=CC=C3C[C@@H](O)C[C@H](O)C3)CCC[C@]12C. The summed E-state index contributed by atoms with van der Waals surface area (Å²) in [4.78, 5) is 12.4. The first-order chi connectivity index (χ1) is 16.3. The van der Waals surface area contributed by atoms with E-state index >= 15 is 0 Å². The van der Waals surface area contributed by atoms with E-state index in [0.29, 0.717) is 31.1 Å². The summed E-state index contributed by atoms with van der Waals surface area (Å²) in [6.07, 6.45) is 13.3. The van der Waals surface area contributed by atoms with Gasteiger partial charge in [-0.1, -0.05) is 54.5 Å². The maximum Gasteiger partial charge on any atom is 0.314 e. The Hall–Kier alpha value is -1.69. The first kappa shape index (κ1) is 27.9. The van der Waals surface area contributed by atoms with Gasteiger partial charge in [-0.15, -0.1) is 0 Å². The van der Waals surface area contributed by atoms with Crippen LogP contribution in [-0.4, -0.2) is 45.7 Å². The Morgan fingerprint density at radius 3 is 2.46 bits per heavy atom. The molecule has 0 saturated heterocycles. The van der Waals surface area contributed by atoms with Gasteiger partial charge in [0.25, 0.3) is 0 Å². The minimum absolute atomic E-state index is 0.118. The van der Waals surface area contributed by atoms with Gasteiger partial charge in [0.2, 0.25) is 0 Å². The Labute approximate surface area is 211 Å². The van der Waals surface area contributed by atoms with Crippen LogP contribution in [-0.2, 0) is 9.53 Å². The molecule has 0 aliphatic heterocycles. The summed E-state index contributed by atoms with van der Waals surface area (Å²) in [7, 11) is 0. The molecule has 5 heteroatoms. The number of hydrogen-bond acceptors (Lipinski definition) is 5. The molecule has 0 aromatic rings. The molecule has 6 atom stereocenters. The standard InChI is InChI=1S/C30H46O5/c1-19(2)35-28(34)29(4,5)27(33)14-9-20(3)25-12-13-26-22(8-7-15-30(25,26)6)11-10-21-16-23(31)18-24(32)17-21/h9-11,14,19,23-27,31-33H,3,7-8,12-13,15-18H2,1-2,4-6H3/t23-,24-,25-,26+,27+,30-/m1/s1. The molecule has 0 aromatic carbocycles. The Kier molecular flexibility index (Phi) is 8.88. The van der Waals surface area contributed by atoms with Crippen LogP contribution in [0.5, 0.6) is 0 Å². The van der Waals surface area contributed by atoms with E-state index in [-0.39, 0.29) is 11.5 Å². The van der Waals surface area contributed by atoms with E-state index in [9.17, 15) is 20.1 Å². The van der Waals surface area contributed by atoms with Gasteiger partial charge in [0.1, 0.15) is 0 Å². The molecule has 5 nitrogen and oxygen atoms in total. The zero-order valence-electron chi connectivity index (χ0n) is 22.3. The van der Waals surface area contributed by atoms with Crippen molar-refractivity contribution in [2.75, 3.05) is 0 Å². The summed E-state index contributed by atoms with van der Waals surface area (Å²) in [6.45, 7) is 13.8. The van der Waals surface area contributed by atoms with Crippen LogP contribution in [0.25, 0.3) is 0 Å². The molecule has 3 N–H and O–H groups in total. The second-order valence-corrected chi connectivity index (χ2v) is 12.1. The minimum Gasteiger partial charge on any atom is -0.462 e. The van der Waals surface area contributed by atoms with Crippen LogP contribution in [0, 0.1) is 22.7 Å². The average Bonchev–Trinajstić information content (AvgIpc) is 3.12. The average molecular weight is 487 g/mol. The van der Waals surface area contributed by atoms with E-state index < -0.39 is 29.7 Å². The normalized spacial score (nSPS) is 33.7. The van der Waals surface area contributed by atoms with E-state index in [4.69, 9.17) is 4.74 Å². The van der Waals surface area contributed by atoms with Crippen molar-refractivity contribution in [2.45, 2.75) is 110 Å². The Morgan fingerprint density at radius 2 is 1.83 bits per heavy atom. The smallest absolute Gasteiger partial charge is 0.314 e. The Morgan fingerprint density at radius 1 is 1.17 bits per heavy atom. The molecule has 3 fully saturated rings. The predicted molar refractivity (Wildman–Crippen MR) is 139 cm³/mol. The molecule has 0 heterocycles. The van der Waals surface area contributed by atoms with Gasteiger partial charge in [0.05, 0.1) is 29.8 Å². The van der Waals surface area contributed by atoms with Crippen molar-refractivity contribution in [3.05, 3.63) is 47.6 Å². The molecule has 3 aliphatic carbocycles. The van der Waals surface area contributed by atoms with Crippen LogP contribution in [0.1, 0.15) is 86.0 Å². The first-order valence-electron chi connectivity index (χ1n) is 13.3. The van der Waals surface area contributed by atoms with E-state index in [0.717, 1.165) is 43.3 Å². The summed E-state index contributed by atoms with van der Waals surface area (Å²) in [5.41, 5.74) is 2.70. The van der Waals surface area contributed by atoms with Gasteiger partial charge in [0.15, 0.2) is 0 Å². The highest BCUT2D eigenvalue weighted by Crippen LogP contribution is 2.59. The summed E-state index contributed by atoms with van der Waals surface area (Å²) in [6, 6.07) is 0. The van der Waals surface area contributed by atoms with Crippen LogP contribution in [0.3, 0.4) is 0 Å². The Bertz CT molecular complexity index is 867. The van der Waals surface area contributed by atoms with Crippen molar-refractivity contribution in [3.8, 4) is 0 Å². The van der Waals surface area contributed by atoms with Crippen molar-refractivity contribution in [2.24, 2.45) is 22.7 Å². The van der Waals surface area contributed by atoms with E-state index in [1.807, 2.05) is 6.08 Å². The number of hydrogen-bond donors (Lipinski definition) is 3. The molecule has 0 amide bonds. The quantitative estimate of drug-likeness (QED) is 0.331. The summed E-state index contributed by atoms with van der Waals surface area (Å²) < 4.78 is 5.33. The van der Waals surface area contributed by atoms with Crippen molar-refractivity contribution in [3.63, 3.8) is 0 Å². The van der Waals surface area contributed by atoms with Crippen LogP contribution >= 0.6 is 0 Å². The van der Waals surface area contributed by atoms with Crippen molar-refractivity contribution in [1.82, 2.24) is 0 Å².